The highest BCUT2D eigenvalue weighted by Gasteiger charge is 2.35. The molecule has 0 fully saturated rings. The van der Waals surface area contributed by atoms with Crippen molar-refractivity contribution in [3.8, 4) is 0 Å². The van der Waals surface area contributed by atoms with Crippen molar-refractivity contribution >= 4 is 62.3 Å². The number of rotatable bonds is 14. The smallest absolute Gasteiger partial charge is 0.264 e. The molecule has 0 aliphatic carbocycles. The zero-order valence-corrected chi connectivity index (χ0v) is 28.7. The van der Waals surface area contributed by atoms with Crippen LogP contribution >= 0.6 is 34.8 Å². The predicted molar refractivity (Wildman–Crippen MR) is 186 cm³/mol. The van der Waals surface area contributed by atoms with E-state index in [9.17, 15) is 18.0 Å². The minimum absolute atomic E-state index is 0.0299. The van der Waals surface area contributed by atoms with Gasteiger partial charge in [-0.1, -0.05) is 114 Å². The van der Waals surface area contributed by atoms with Gasteiger partial charge in [0, 0.05) is 29.6 Å². The van der Waals surface area contributed by atoms with Crippen molar-refractivity contribution in [1.29, 1.82) is 0 Å². The fourth-order valence-electron chi connectivity index (χ4n) is 4.90. The Kier molecular flexibility index (Phi) is 12.5. The SMILES string of the molecule is CCCCNC(=O)[C@H](Cc1ccccc1)N(Cc1ccccc1Cl)C(=O)CN(c1cc(Cl)ccc1Cl)S(=O)(=O)c1ccc(C)cc1. The van der Waals surface area contributed by atoms with Crippen LogP contribution in [0.4, 0.5) is 5.69 Å². The van der Waals surface area contributed by atoms with Crippen LogP contribution in [0.5, 0.6) is 0 Å². The van der Waals surface area contributed by atoms with Crippen molar-refractivity contribution < 1.29 is 18.0 Å². The van der Waals surface area contributed by atoms with Crippen molar-refractivity contribution in [3.63, 3.8) is 0 Å². The molecule has 1 N–H and O–H groups in total. The molecule has 4 rings (SSSR count). The van der Waals surface area contributed by atoms with Gasteiger partial charge in [-0.05, 0) is 60.9 Å². The summed E-state index contributed by atoms with van der Waals surface area (Å²) in [7, 11) is -4.33. The lowest BCUT2D eigenvalue weighted by Crippen LogP contribution is -2.53. The summed E-state index contributed by atoms with van der Waals surface area (Å²) in [6, 6.07) is 26.1. The Hall–Kier alpha value is -3.56. The topological polar surface area (TPSA) is 86.8 Å². The second-order valence-corrected chi connectivity index (χ2v) is 14.0. The first-order valence-electron chi connectivity index (χ1n) is 14.9. The summed E-state index contributed by atoms with van der Waals surface area (Å²) in [6.07, 6.45) is 1.83. The molecule has 0 unspecified atom stereocenters. The molecule has 0 radical (unpaired) electrons. The quantitative estimate of drug-likeness (QED) is 0.137. The Morgan fingerprint density at radius 3 is 2.20 bits per heavy atom. The van der Waals surface area contributed by atoms with Gasteiger partial charge in [-0.15, -0.1) is 0 Å². The van der Waals surface area contributed by atoms with Crippen molar-refractivity contribution in [2.75, 3.05) is 17.4 Å². The summed E-state index contributed by atoms with van der Waals surface area (Å²) in [5, 5.41) is 3.70. The maximum Gasteiger partial charge on any atom is 0.264 e. The van der Waals surface area contributed by atoms with Gasteiger partial charge in [0.2, 0.25) is 11.8 Å². The molecule has 11 heteroatoms. The Balaban J connectivity index is 1.83. The lowest BCUT2D eigenvalue weighted by Gasteiger charge is -2.34. The summed E-state index contributed by atoms with van der Waals surface area (Å²) in [4.78, 5) is 29.8. The van der Waals surface area contributed by atoms with Crippen molar-refractivity contribution in [2.45, 2.75) is 50.6 Å². The average Bonchev–Trinajstić information content (AvgIpc) is 3.04. The number of unbranched alkanes of at least 4 members (excludes halogenated alkanes) is 1. The molecule has 0 spiro atoms. The van der Waals surface area contributed by atoms with Crippen LogP contribution in [0.25, 0.3) is 0 Å². The molecule has 46 heavy (non-hydrogen) atoms. The van der Waals surface area contributed by atoms with E-state index in [0.717, 1.165) is 28.3 Å². The summed E-state index contributed by atoms with van der Waals surface area (Å²) in [5.41, 5.74) is 2.33. The molecule has 4 aromatic carbocycles. The van der Waals surface area contributed by atoms with Crippen LogP contribution < -0.4 is 9.62 Å². The number of anilines is 1. The van der Waals surface area contributed by atoms with Crippen LogP contribution in [0.2, 0.25) is 15.1 Å². The van der Waals surface area contributed by atoms with Crippen LogP contribution in [0, 0.1) is 6.92 Å². The van der Waals surface area contributed by atoms with Gasteiger partial charge < -0.3 is 10.2 Å². The molecular weight excluding hydrogens is 665 g/mol. The number of amides is 2. The number of carbonyl (C=O) groups is 2. The predicted octanol–water partition coefficient (Wildman–Crippen LogP) is 7.71. The third kappa shape index (κ3) is 9.04. The fraction of sp³-hybridized carbons (Fsp3) is 0.257. The van der Waals surface area contributed by atoms with Gasteiger partial charge in [-0.2, -0.15) is 0 Å². The normalized spacial score (nSPS) is 11.9. The maximum atomic E-state index is 14.6. The number of nitrogens with zero attached hydrogens (tertiary/aromatic N) is 2. The van der Waals surface area contributed by atoms with Crippen LogP contribution in [-0.2, 0) is 32.6 Å². The number of benzene rings is 4. The molecule has 0 aliphatic heterocycles. The summed E-state index contributed by atoms with van der Waals surface area (Å²) in [5.74, 6) is -0.982. The van der Waals surface area contributed by atoms with Crippen molar-refractivity contribution in [2.24, 2.45) is 0 Å². The average molecular weight is 701 g/mol. The molecular formula is C35H36Cl3N3O4S. The van der Waals surface area contributed by atoms with Gasteiger partial charge in [0.1, 0.15) is 12.6 Å². The molecule has 0 heterocycles. The van der Waals surface area contributed by atoms with E-state index in [1.54, 1.807) is 36.4 Å². The van der Waals surface area contributed by atoms with Crippen LogP contribution in [-0.4, -0.2) is 44.3 Å². The highest BCUT2D eigenvalue weighted by molar-refractivity contribution is 7.92. The van der Waals surface area contributed by atoms with Crippen molar-refractivity contribution in [3.05, 3.63) is 129 Å². The second kappa shape index (κ2) is 16.3. The van der Waals surface area contributed by atoms with E-state index < -0.39 is 28.5 Å². The van der Waals surface area contributed by atoms with Crippen LogP contribution in [0.3, 0.4) is 0 Å². The Bertz CT molecular complexity index is 1750. The molecule has 242 valence electrons. The minimum atomic E-state index is -4.33. The molecule has 0 aliphatic rings. The van der Waals surface area contributed by atoms with Gasteiger partial charge >= 0.3 is 0 Å². The molecule has 7 nitrogen and oxygen atoms in total. The fourth-order valence-corrected chi connectivity index (χ4v) is 6.95. The minimum Gasteiger partial charge on any atom is -0.354 e. The van der Waals surface area contributed by atoms with Gasteiger partial charge in [-0.25, -0.2) is 8.42 Å². The molecule has 1 atom stereocenters. The van der Waals surface area contributed by atoms with E-state index in [1.807, 2.05) is 44.2 Å². The van der Waals surface area contributed by atoms with Crippen molar-refractivity contribution in [1.82, 2.24) is 10.2 Å². The number of carbonyl (C=O) groups excluding carboxylic acids is 2. The van der Waals surface area contributed by atoms with Crippen LogP contribution in [0.1, 0.15) is 36.5 Å². The van der Waals surface area contributed by atoms with Gasteiger partial charge in [0.15, 0.2) is 0 Å². The molecule has 2 amide bonds. The van der Waals surface area contributed by atoms with Gasteiger partial charge in [-0.3, -0.25) is 13.9 Å². The second-order valence-electron chi connectivity index (χ2n) is 10.9. The van der Waals surface area contributed by atoms with E-state index in [0.29, 0.717) is 17.1 Å². The molecule has 0 aromatic heterocycles. The van der Waals surface area contributed by atoms with E-state index in [2.05, 4.69) is 5.32 Å². The third-order valence-corrected chi connectivity index (χ3v) is 10.2. The summed E-state index contributed by atoms with van der Waals surface area (Å²) < 4.78 is 29.3. The maximum absolute atomic E-state index is 14.6. The monoisotopic (exact) mass is 699 g/mol. The Morgan fingerprint density at radius 1 is 0.848 bits per heavy atom. The highest BCUT2D eigenvalue weighted by Crippen LogP contribution is 2.33. The largest absolute Gasteiger partial charge is 0.354 e. The number of nitrogens with one attached hydrogen (secondary N) is 1. The van der Waals surface area contributed by atoms with Gasteiger partial charge in [0.05, 0.1) is 15.6 Å². The first kappa shape index (κ1) is 35.3. The Morgan fingerprint density at radius 2 is 1.52 bits per heavy atom. The first-order valence-corrected chi connectivity index (χ1v) is 17.5. The zero-order valence-electron chi connectivity index (χ0n) is 25.6. The zero-order chi connectivity index (χ0) is 33.3. The summed E-state index contributed by atoms with van der Waals surface area (Å²) in [6.45, 7) is 3.59. The Labute approximate surface area is 286 Å². The highest BCUT2D eigenvalue weighted by atomic mass is 35.5. The molecule has 0 bridgehead atoms. The number of aryl methyl sites for hydroxylation is 1. The standard InChI is InChI=1S/C35H36Cl3N3O4S/c1-3-4-20-39-35(43)33(21-26-10-6-5-7-11-26)40(23-27-12-8-9-13-30(27)37)34(42)24-41(32-22-28(36)16-19-31(32)38)46(44,45)29-17-14-25(2)15-18-29/h5-19,22,33H,3-4,20-21,23-24H2,1-2H3,(H,39,43)/t33-/m0/s1. The van der Waals surface area contributed by atoms with E-state index >= 15 is 0 Å². The van der Waals surface area contributed by atoms with Gasteiger partial charge in [0.25, 0.3) is 10.0 Å². The molecule has 0 saturated carbocycles. The van der Waals surface area contributed by atoms with E-state index in [-0.39, 0.29) is 39.5 Å². The number of halogens is 3. The number of hydrogen-bond acceptors (Lipinski definition) is 4. The third-order valence-electron chi connectivity index (χ3n) is 7.46. The molecule has 4 aromatic rings. The van der Waals surface area contributed by atoms with Crippen LogP contribution in [0.15, 0.2) is 102 Å². The first-order chi connectivity index (χ1) is 22.0. The van der Waals surface area contributed by atoms with E-state index in [4.69, 9.17) is 34.8 Å². The summed E-state index contributed by atoms with van der Waals surface area (Å²) >= 11 is 19.4. The number of hydrogen-bond donors (Lipinski definition) is 1. The van der Waals surface area contributed by atoms with E-state index in [1.165, 1.54) is 35.2 Å². The lowest BCUT2D eigenvalue weighted by atomic mass is 10.0. The molecule has 0 saturated heterocycles. The lowest BCUT2D eigenvalue weighted by molar-refractivity contribution is -0.140. The number of sulfonamides is 1.